The predicted molar refractivity (Wildman–Crippen MR) is 140 cm³/mol. The number of amides is 1. The van der Waals surface area contributed by atoms with Crippen molar-refractivity contribution < 1.29 is 33.7 Å². The minimum atomic E-state index is -1.63. The van der Waals surface area contributed by atoms with E-state index in [1.165, 1.54) is 12.1 Å². The summed E-state index contributed by atoms with van der Waals surface area (Å²) in [6.07, 6.45) is 0.543. The highest BCUT2D eigenvalue weighted by Gasteiger charge is 2.47. The van der Waals surface area contributed by atoms with Gasteiger partial charge in [0.05, 0.1) is 29.7 Å². The number of hydrogen-bond acceptors (Lipinski definition) is 6. The Hall–Kier alpha value is -2.52. The lowest BCUT2D eigenvalue weighted by molar-refractivity contribution is -0.151. The molecule has 2 N–H and O–H groups in total. The van der Waals surface area contributed by atoms with Gasteiger partial charge in [0.2, 0.25) is 0 Å². The molecule has 0 aromatic heterocycles. The van der Waals surface area contributed by atoms with Gasteiger partial charge in [0, 0.05) is 23.8 Å². The molecule has 0 bridgehead atoms. The first-order valence-electron chi connectivity index (χ1n) is 13.2. The number of hydrogen-bond donors (Lipinski definition) is 2. The van der Waals surface area contributed by atoms with Gasteiger partial charge in [-0.05, 0) is 73.9 Å². The van der Waals surface area contributed by atoms with Crippen LogP contribution in [-0.4, -0.2) is 46.8 Å². The average molecular weight is 548 g/mol. The highest BCUT2D eigenvalue weighted by Crippen LogP contribution is 2.46. The van der Waals surface area contributed by atoms with Gasteiger partial charge in [-0.25, -0.2) is 4.39 Å². The maximum absolute atomic E-state index is 15.6. The molecule has 1 fully saturated rings. The van der Waals surface area contributed by atoms with Crippen molar-refractivity contribution in [1.82, 2.24) is 4.90 Å². The number of aliphatic hydroxyl groups is 2. The molecular formula is C29H35ClFNO6. The monoisotopic (exact) mass is 547 g/mol. The van der Waals surface area contributed by atoms with Crippen molar-refractivity contribution in [2.45, 2.75) is 64.3 Å². The maximum atomic E-state index is 15.6. The molecule has 1 amide bonds. The van der Waals surface area contributed by atoms with E-state index in [2.05, 4.69) is 0 Å². The van der Waals surface area contributed by atoms with E-state index >= 15 is 4.39 Å². The van der Waals surface area contributed by atoms with Gasteiger partial charge in [-0.15, -0.1) is 0 Å². The molecule has 206 valence electrons. The third-order valence-corrected chi connectivity index (χ3v) is 8.11. The molecule has 0 aliphatic carbocycles. The van der Waals surface area contributed by atoms with Crippen LogP contribution in [0.15, 0.2) is 36.4 Å². The van der Waals surface area contributed by atoms with Crippen molar-refractivity contribution in [1.29, 1.82) is 0 Å². The number of esters is 1. The first-order valence-corrected chi connectivity index (χ1v) is 13.6. The highest BCUT2D eigenvalue weighted by molar-refractivity contribution is 6.30. The Bertz CT molecular complexity index is 1170. The lowest BCUT2D eigenvalue weighted by Gasteiger charge is -2.38. The molecule has 2 aromatic carbocycles. The molecule has 0 spiro atoms. The first kappa shape index (κ1) is 28.5. The van der Waals surface area contributed by atoms with Crippen LogP contribution in [-0.2, 0) is 19.9 Å². The Morgan fingerprint density at radius 1 is 1.24 bits per heavy atom. The van der Waals surface area contributed by atoms with Crippen LogP contribution in [0.5, 0.6) is 0 Å². The van der Waals surface area contributed by atoms with Crippen LogP contribution in [0.4, 0.5) is 4.39 Å². The summed E-state index contributed by atoms with van der Waals surface area (Å²) in [5.41, 5.74) is -0.713. The molecule has 2 aromatic rings. The number of carbonyl (C=O) groups is 2. The average Bonchev–Trinajstić information content (AvgIpc) is 3.18. The van der Waals surface area contributed by atoms with Gasteiger partial charge in [-0.3, -0.25) is 9.59 Å². The molecule has 7 nitrogen and oxygen atoms in total. The van der Waals surface area contributed by atoms with E-state index in [4.69, 9.17) is 21.1 Å². The van der Waals surface area contributed by atoms with Crippen LogP contribution in [0.25, 0.3) is 0 Å². The number of benzene rings is 2. The summed E-state index contributed by atoms with van der Waals surface area (Å²) in [4.78, 5) is 27.9. The molecule has 4 atom stereocenters. The number of fused-ring (bicyclic) bond motifs is 1. The number of nitrogens with zero attached hydrogens (tertiary/aromatic N) is 1. The van der Waals surface area contributed by atoms with Crippen molar-refractivity contribution in [3.05, 3.63) is 69.5 Å². The van der Waals surface area contributed by atoms with Crippen LogP contribution < -0.4 is 0 Å². The van der Waals surface area contributed by atoms with E-state index in [0.29, 0.717) is 55.0 Å². The number of rotatable bonds is 9. The van der Waals surface area contributed by atoms with E-state index in [9.17, 15) is 19.8 Å². The second-order valence-corrected chi connectivity index (χ2v) is 10.6. The summed E-state index contributed by atoms with van der Waals surface area (Å²) >= 11 is 6.07. The summed E-state index contributed by atoms with van der Waals surface area (Å²) in [6.45, 7) is 6.53. The molecule has 2 unspecified atom stereocenters. The van der Waals surface area contributed by atoms with Crippen molar-refractivity contribution in [3.8, 4) is 0 Å². The van der Waals surface area contributed by atoms with Crippen molar-refractivity contribution >= 4 is 23.5 Å². The fourth-order valence-corrected chi connectivity index (χ4v) is 5.82. The number of ether oxygens (including phenoxy) is 2. The van der Waals surface area contributed by atoms with Gasteiger partial charge in [-0.2, -0.15) is 0 Å². The SMILES string of the molecule is CCCOC(=O)[C@@H](C)C(c1ccc(Cl)cc1)N1C(=O)c2cc([C@](O)(CC)C3CCOCC3)cc(F)c2C1O. The Labute approximate surface area is 227 Å². The Morgan fingerprint density at radius 2 is 1.89 bits per heavy atom. The molecule has 38 heavy (non-hydrogen) atoms. The molecule has 0 radical (unpaired) electrons. The minimum Gasteiger partial charge on any atom is -0.465 e. The quantitative estimate of drug-likeness (QED) is 0.415. The second-order valence-electron chi connectivity index (χ2n) is 10.1. The van der Waals surface area contributed by atoms with Crippen LogP contribution in [0.1, 0.15) is 85.8 Å². The molecule has 2 aliphatic heterocycles. The molecule has 0 saturated carbocycles. The Morgan fingerprint density at radius 3 is 2.50 bits per heavy atom. The lowest BCUT2D eigenvalue weighted by Crippen LogP contribution is -2.39. The number of carbonyl (C=O) groups excluding carboxylic acids is 2. The topological polar surface area (TPSA) is 96.3 Å². The summed E-state index contributed by atoms with van der Waals surface area (Å²) < 4.78 is 26.4. The van der Waals surface area contributed by atoms with E-state index in [1.807, 2.05) is 13.8 Å². The zero-order valence-corrected chi connectivity index (χ0v) is 22.7. The van der Waals surface area contributed by atoms with Gasteiger partial charge in [0.1, 0.15) is 5.82 Å². The number of aliphatic hydroxyl groups excluding tert-OH is 1. The summed E-state index contributed by atoms with van der Waals surface area (Å²) in [7, 11) is 0. The number of halogens is 2. The normalized spacial score (nSPS) is 21.1. The Kier molecular flexibility index (Phi) is 8.77. The molecular weight excluding hydrogens is 513 g/mol. The highest BCUT2D eigenvalue weighted by atomic mass is 35.5. The maximum Gasteiger partial charge on any atom is 0.311 e. The van der Waals surface area contributed by atoms with Gasteiger partial charge in [0.15, 0.2) is 6.23 Å². The molecule has 2 heterocycles. The van der Waals surface area contributed by atoms with Crippen molar-refractivity contribution in [2.24, 2.45) is 11.8 Å². The molecule has 4 rings (SSSR count). The van der Waals surface area contributed by atoms with Gasteiger partial charge in [-0.1, -0.05) is 37.6 Å². The zero-order chi connectivity index (χ0) is 27.6. The third kappa shape index (κ3) is 5.19. The van der Waals surface area contributed by atoms with Crippen molar-refractivity contribution in [2.75, 3.05) is 19.8 Å². The predicted octanol–water partition coefficient (Wildman–Crippen LogP) is 5.28. The third-order valence-electron chi connectivity index (χ3n) is 7.86. The summed E-state index contributed by atoms with van der Waals surface area (Å²) in [5, 5.41) is 23.4. The van der Waals surface area contributed by atoms with Crippen LogP contribution in [0.2, 0.25) is 5.02 Å². The molecule has 2 aliphatic rings. The second kappa shape index (κ2) is 11.7. The fourth-order valence-electron chi connectivity index (χ4n) is 5.69. The summed E-state index contributed by atoms with van der Waals surface area (Å²) in [6, 6.07) is 8.35. The lowest BCUT2D eigenvalue weighted by atomic mass is 9.75. The zero-order valence-electron chi connectivity index (χ0n) is 22.0. The van der Waals surface area contributed by atoms with E-state index in [0.717, 1.165) is 4.90 Å². The summed E-state index contributed by atoms with van der Waals surface area (Å²) in [5.74, 6) is -2.98. The van der Waals surface area contributed by atoms with E-state index in [-0.39, 0.29) is 23.7 Å². The van der Waals surface area contributed by atoms with Gasteiger partial charge < -0.3 is 24.6 Å². The van der Waals surface area contributed by atoms with Crippen LogP contribution in [0.3, 0.4) is 0 Å². The standard InChI is InChI=1S/C29H35ClFNO6/c1-4-12-38-28(35)17(3)25(18-6-8-21(30)9-7-18)32-26(33)22-15-20(16-23(31)24(22)27(32)34)29(36,5-2)19-10-13-37-14-11-19/h6-9,15-17,19,25,27,34,36H,4-5,10-14H2,1-3H3/t17-,25?,27?,29-/m0/s1. The van der Waals surface area contributed by atoms with Crippen LogP contribution >= 0.6 is 11.6 Å². The van der Waals surface area contributed by atoms with Crippen molar-refractivity contribution in [3.63, 3.8) is 0 Å². The Balaban J connectivity index is 1.76. The molecule has 1 saturated heterocycles. The van der Waals surface area contributed by atoms with Gasteiger partial charge in [0.25, 0.3) is 5.91 Å². The smallest absolute Gasteiger partial charge is 0.311 e. The van der Waals surface area contributed by atoms with E-state index < -0.39 is 41.5 Å². The molecule has 9 heteroatoms. The van der Waals surface area contributed by atoms with Crippen LogP contribution in [0, 0.1) is 17.7 Å². The fraction of sp³-hybridized carbons (Fsp3) is 0.517. The largest absolute Gasteiger partial charge is 0.465 e. The van der Waals surface area contributed by atoms with Gasteiger partial charge >= 0.3 is 5.97 Å². The minimum absolute atomic E-state index is 0.0282. The van der Waals surface area contributed by atoms with E-state index in [1.54, 1.807) is 31.2 Å². The first-order chi connectivity index (χ1) is 18.1.